The third kappa shape index (κ3) is 1.56. The maximum Gasteiger partial charge on any atom is 0.142 e. The summed E-state index contributed by atoms with van der Waals surface area (Å²) in [6, 6.07) is 2.18. The molecular weight excluding hydrogens is 238 g/mol. The van der Waals surface area contributed by atoms with Gasteiger partial charge < -0.3 is 9.47 Å². The molecule has 0 fully saturated rings. The highest BCUT2D eigenvalue weighted by Gasteiger charge is 2.30. The Bertz CT molecular complexity index is 484. The van der Waals surface area contributed by atoms with Crippen molar-refractivity contribution in [2.45, 2.75) is 25.7 Å². The van der Waals surface area contributed by atoms with E-state index in [2.05, 4.69) is 6.07 Å². The number of ether oxygens (including phenoxy) is 2. The second-order valence-electron chi connectivity index (χ2n) is 4.26. The number of halogens is 1. The summed E-state index contributed by atoms with van der Waals surface area (Å²) < 4.78 is 11.3. The Morgan fingerprint density at radius 1 is 1.12 bits per heavy atom. The molecule has 4 heteroatoms. The molecule has 3 nitrogen and oxygen atoms in total. The molecule has 0 bridgehead atoms. The monoisotopic (exact) mass is 249 g/mol. The zero-order valence-electron chi connectivity index (χ0n) is 9.38. The summed E-state index contributed by atoms with van der Waals surface area (Å²) in [5.74, 6) is 1.73. The van der Waals surface area contributed by atoms with Gasteiger partial charge in [-0.3, -0.25) is 0 Å². The number of nitriles is 1. The van der Waals surface area contributed by atoms with E-state index in [0.29, 0.717) is 24.7 Å². The van der Waals surface area contributed by atoms with Crippen LogP contribution in [0.3, 0.4) is 0 Å². The predicted octanol–water partition coefficient (Wildman–Crippen LogP) is 2.67. The van der Waals surface area contributed by atoms with Crippen molar-refractivity contribution < 1.29 is 9.47 Å². The molecule has 0 saturated heterocycles. The Morgan fingerprint density at radius 3 is 2.59 bits per heavy atom. The average molecular weight is 250 g/mol. The van der Waals surface area contributed by atoms with Crippen LogP contribution in [-0.2, 0) is 19.3 Å². The van der Waals surface area contributed by atoms with E-state index >= 15 is 0 Å². The topological polar surface area (TPSA) is 42.2 Å². The molecule has 1 aromatic carbocycles. The molecule has 0 saturated carbocycles. The molecule has 0 radical (unpaired) electrons. The SMILES string of the molecule is N#CCCc1c2c(c(Cl)c3c1OCC3)OCC2. The van der Waals surface area contributed by atoms with Gasteiger partial charge in [-0.05, 0) is 6.42 Å². The molecule has 0 aliphatic carbocycles. The van der Waals surface area contributed by atoms with E-state index in [1.165, 1.54) is 0 Å². The molecule has 0 N–H and O–H groups in total. The molecular formula is C13H12ClNO2. The number of rotatable bonds is 2. The van der Waals surface area contributed by atoms with Crippen molar-refractivity contribution in [1.29, 1.82) is 5.26 Å². The number of benzene rings is 1. The number of hydrogen-bond donors (Lipinski definition) is 0. The van der Waals surface area contributed by atoms with Crippen LogP contribution < -0.4 is 9.47 Å². The minimum absolute atomic E-state index is 0.504. The van der Waals surface area contributed by atoms with Gasteiger partial charge in [0.15, 0.2) is 0 Å². The lowest BCUT2D eigenvalue weighted by atomic mass is 9.96. The first-order valence-electron chi connectivity index (χ1n) is 5.81. The van der Waals surface area contributed by atoms with E-state index in [4.69, 9.17) is 26.3 Å². The van der Waals surface area contributed by atoms with Crippen LogP contribution in [0, 0.1) is 11.3 Å². The van der Waals surface area contributed by atoms with Gasteiger partial charge >= 0.3 is 0 Å². The fourth-order valence-corrected chi connectivity index (χ4v) is 2.94. The highest BCUT2D eigenvalue weighted by Crippen LogP contribution is 2.47. The summed E-state index contributed by atoms with van der Waals surface area (Å²) in [6.45, 7) is 1.36. The van der Waals surface area contributed by atoms with E-state index in [9.17, 15) is 0 Å². The minimum atomic E-state index is 0.504. The summed E-state index contributed by atoms with van der Waals surface area (Å²) in [5, 5.41) is 9.44. The molecule has 2 aliphatic heterocycles. The zero-order chi connectivity index (χ0) is 11.8. The highest BCUT2D eigenvalue weighted by molar-refractivity contribution is 6.33. The summed E-state index contributed by atoms with van der Waals surface area (Å²) in [5.41, 5.74) is 3.34. The summed E-state index contributed by atoms with van der Waals surface area (Å²) in [4.78, 5) is 0. The molecule has 17 heavy (non-hydrogen) atoms. The van der Waals surface area contributed by atoms with Gasteiger partial charge in [0.05, 0.1) is 24.3 Å². The van der Waals surface area contributed by atoms with Crippen molar-refractivity contribution in [3.63, 3.8) is 0 Å². The fourth-order valence-electron chi connectivity index (χ4n) is 2.59. The lowest BCUT2D eigenvalue weighted by molar-refractivity contribution is 0.353. The van der Waals surface area contributed by atoms with Gasteiger partial charge in [0.25, 0.3) is 0 Å². The highest BCUT2D eigenvalue weighted by atomic mass is 35.5. The van der Waals surface area contributed by atoms with Crippen LogP contribution >= 0.6 is 11.6 Å². The Hall–Kier alpha value is -1.40. The molecule has 88 valence electrons. The van der Waals surface area contributed by atoms with Gasteiger partial charge in [-0.15, -0.1) is 0 Å². The molecule has 0 spiro atoms. The first-order valence-corrected chi connectivity index (χ1v) is 6.19. The fraction of sp³-hybridized carbons (Fsp3) is 0.462. The molecule has 0 atom stereocenters. The Kier molecular flexibility index (Phi) is 2.60. The number of nitrogens with zero attached hydrogens (tertiary/aromatic N) is 1. The third-order valence-electron chi connectivity index (χ3n) is 3.33. The molecule has 0 unspecified atom stereocenters. The van der Waals surface area contributed by atoms with Crippen molar-refractivity contribution in [3.8, 4) is 17.6 Å². The van der Waals surface area contributed by atoms with Gasteiger partial charge in [-0.2, -0.15) is 5.26 Å². The van der Waals surface area contributed by atoms with Gasteiger partial charge in [0, 0.05) is 36.0 Å². The van der Waals surface area contributed by atoms with E-state index in [1.807, 2.05) is 0 Å². The van der Waals surface area contributed by atoms with E-state index in [0.717, 1.165) is 47.5 Å². The summed E-state index contributed by atoms with van der Waals surface area (Å²) in [6.07, 6.45) is 2.93. The van der Waals surface area contributed by atoms with Crippen LogP contribution in [0.25, 0.3) is 0 Å². The summed E-state index contributed by atoms with van der Waals surface area (Å²) in [7, 11) is 0. The largest absolute Gasteiger partial charge is 0.493 e. The zero-order valence-corrected chi connectivity index (χ0v) is 10.1. The normalized spacial score (nSPS) is 15.8. The predicted molar refractivity (Wildman–Crippen MR) is 63.8 cm³/mol. The Labute approximate surface area is 105 Å². The first-order chi connectivity index (χ1) is 8.33. The first kappa shape index (κ1) is 10.7. The second-order valence-corrected chi connectivity index (χ2v) is 4.64. The number of fused-ring (bicyclic) bond motifs is 2. The lowest BCUT2D eigenvalue weighted by Crippen LogP contribution is -1.97. The number of hydrogen-bond acceptors (Lipinski definition) is 3. The van der Waals surface area contributed by atoms with Crippen LogP contribution in [0.15, 0.2) is 0 Å². The van der Waals surface area contributed by atoms with Crippen LogP contribution in [0.4, 0.5) is 0 Å². The van der Waals surface area contributed by atoms with Crippen LogP contribution in [0.5, 0.6) is 11.5 Å². The standard InChI is InChI=1S/C13H12ClNO2/c14-11-10-4-7-16-12(10)8(2-1-5-15)9-3-6-17-13(9)11/h1-4,6-7H2. The van der Waals surface area contributed by atoms with E-state index < -0.39 is 0 Å². The van der Waals surface area contributed by atoms with Gasteiger partial charge in [-0.25, -0.2) is 0 Å². The summed E-state index contributed by atoms with van der Waals surface area (Å²) >= 11 is 6.34. The van der Waals surface area contributed by atoms with Crippen molar-refractivity contribution in [1.82, 2.24) is 0 Å². The molecule has 1 aromatic rings. The molecule has 0 amide bonds. The Balaban J connectivity index is 2.16. The molecule has 3 rings (SSSR count). The Morgan fingerprint density at radius 2 is 1.82 bits per heavy atom. The lowest BCUT2D eigenvalue weighted by Gasteiger charge is -2.13. The maximum absolute atomic E-state index is 8.73. The molecule has 0 aromatic heterocycles. The van der Waals surface area contributed by atoms with E-state index in [-0.39, 0.29) is 0 Å². The van der Waals surface area contributed by atoms with Gasteiger partial charge in [-0.1, -0.05) is 11.6 Å². The van der Waals surface area contributed by atoms with Crippen molar-refractivity contribution in [3.05, 3.63) is 21.7 Å². The smallest absolute Gasteiger partial charge is 0.142 e. The molecule has 2 heterocycles. The minimum Gasteiger partial charge on any atom is -0.493 e. The molecule has 2 aliphatic rings. The van der Waals surface area contributed by atoms with Gasteiger partial charge in [0.1, 0.15) is 11.5 Å². The van der Waals surface area contributed by atoms with Crippen LogP contribution in [0.2, 0.25) is 5.02 Å². The van der Waals surface area contributed by atoms with Crippen LogP contribution in [0.1, 0.15) is 23.1 Å². The third-order valence-corrected chi connectivity index (χ3v) is 3.73. The quantitative estimate of drug-likeness (QED) is 0.809. The van der Waals surface area contributed by atoms with E-state index in [1.54, 1.807) is 0 Å². The maximum atomic E-state index is 8.73. The van der Waals surface area contributed by atoms with Crippen molar-refractivity contribution in [2.24, 2.45) is 0 Å². The van der Waals surface area contributed by atoms with Crippen molar-refractivity contribution in [2.75, 3.05) is 13.2 Å². The van der Waals surface area contributed by atoms with Gasteiger partial charge in [0.2, 0.25) is 0 Å². The van der Waals surface area contributed by atoms with Crippen molar-refractivity contribution >= 4 is 11.6 Å². The second kappa shape index (κ2) is 4.12. The van der Waals surface area contributed by atoms with Crippen LogP contribution in [-0.4, -0.2) is 13.2 Å². The average Bonchev–Trinajstić information content (AvgIpc) is 2.97.